The van der Waals surface area contributed by atoms with Crippen molar-refractivity contribution in [2.45, 2.75) is 19.8 Å². The fourth-order valence-corrected chi connectivity index (χ4v) is 0.204. The van der Waals surface area contributed by atoms with Gasteiger partial charge in [0.05, 0.1) is 0 Å². The van der Waals surface area contributed by atoms with E-state index in [1.807, 2.05) is 6.08 Å². The second-order valence-electron chi connectivity index (χ2n) is 1.08. The van der Waals surface area contributed by atoms with Crippen molar-refractivity contribution < 1.29 is 0 Å². The molecule has 0 aromatic heterocycles. The van der Waals surface area contributed by atoms with Crippen LogP contribution in [0.5, 0.6) is 0 Å². The molecule has 0 aromatic carbocycles. The number of allylic oxidation sites excluding steroid dienone is 1. The highest BCUT2D eigenvalue weighted by Gasteiger charge is 1.61. The lowest BCUT2D eigenvalue weighted by Crippen LogP contribution is -1.52. The molecule has 0 heterocycles. The predicted octanol–water partition coefficient (Wildman–Crippen LogP) is 3.74. The molecular formula is C5H10I2. The van der Waals surface area contributed by atoms with Gasteiger partial charge in [-0.15, -0.1) is 6.58 Å². The van der Waals surface area contributed by atoms with Crippen LogP contribution in [0.15, 0.2) is 12.7 Å². The largest absolute Gasteiger partial charge is 0.103 e. The Labute approximate surface area is 69.1 Å². The Hall–Kier alpha value is 1.20. The Morgan fingerprint density at radius 1 is 1.57 bits per heavy atom. The van der Waals surface area contributed by atoms with Crippen LogP contribution in [0, 0.1) is 0 Å². The molecule has 0 aliphatic rings. The van der Waals surface area contributed by atoms with E-state index in [1.165, 1.54) is 6.42 Å². The molecule has 0 aliphatic heterocycles. The van der Waals surface area contributed by atoms with Crippen molar-refractivity contribution in [2.24, 2.45) is 0 Å². The summed E-state index contributed by atoms with van der Waals surface area (Å²) in [6.45, 7) is 5.69. The van der Waals surface area contributed by atoms with E-state index < -0.39 is 0 Å². The van der Waals surface area contributed by atoms with Crippen molar-refractivity contribution >= 4 is 37.2 Å². The SMILES string of the molecule is C=CCCC.II. The van der Waals surface area contributed by atoms with Crippen LogP contribution in [0.2, 0.25) is 0 Å². The summed E-state index contributed by atoms with van der Waals surface area (Å²) in [5, 5.41) is 0. The first-order chi connectivity index (χ1) is 3.41. The van der Waals surface area contributed by atoms with Crippen LogP contribution < -0.4 is 0 Å². The maximum absolute atomic E-state index is 3.55. The Morgan fingerprint density at radius 3 is 2.00 bits per heavy atom. The summed E-state index contributed by atoms with van der Waals surface area (Å²) in [6.07, 6.45) is 4.31. The monoisotopic (exact) mass is 324 g/mol. The van der Waals surface area contributed by atoms with E-state index in [9.17, 15) is 0 Å². The molecule has 0 rings (SSSR count). The van der Waals surface area contributed by atoms with Gasteiger partial charge in [0.15, 0.2) is 0 Å². The molecule has 0 atom stereocenters. The molecule has 0 saturated heterocycles. The van der Waals surface area contributed by atoms with Crippen LogP contribution in [0.1, 0.15) is 19.8 Å². The van der Waals surface area contributed by atoms with E-state index in [1.54, 1.807) is 0 Å². The fraction of sp³-hybridized carbons (Fsp3) is 0.600. The number of halogens is 2. The van der Waals surface area contributed by atoms with Gasteiger partial charge in [0.1, 0.15) is 0 Å². The van der Waals surface area contributed by atoms with Gasteiger partial charge in [0.2, 0.25) is 0 Å². The van der Waals surface area contributed by atoms with E-state index >= 15 is 0 Å². The molecule has 0 radical (unpaired) electrons. The summed E-state index contributed by atoms with van der Waals surface area (Å²) >= 11 is 4.24. The number of rotatable bonds is 2. The second-order valence-corrected chi connectivity index (χ2v) is 1.08. The lowest BCUT2D eigenvalue weighted by Gasteiger charge is -1.72. The lowest BCUT2D eigenvalue weighted by atomic mass is 10.3. The fourth-order valence-electron chi connectivity index (χ4n) is 0.204. The maximum atomic E-state index is 3.55. The average molecular weight is 324 g/mol. The Morgan fingerprint density at radius 2 is 2.00 bits per heavy atom. The van der Waals surface area contributed by atoms with Crippen LogP contribution in [0.3, 0.4) is 0 Å². The standard InChI is InChI=1S/C5H10.I2/c1-3-5-4-2;1-2/h3H,1,4-5H2,2H3;. The molecule has 0 spiro atoms. The van der Waals surface area contributed by atoms with Gasteiger partial charge < -0.3 is 0 Å². The van der Waals surface area contributed by atoms with Crippen molar-refractivity contribution in [1.82, 2.24) is 0 Å². The number of hydrogen-bond donors (Lipinski definition) is 0. The van der Waals surface area contributed by atoms with E-state index in [-0.39, 0.29) is 0 Å². The second kappa shape index (κ2) is 15.7. The third-order valence-electron chi connectivity index (χ3n) is 0.493. The van der Waals surface area contributed by atoms with Crippen molar-refractivity contribution in [1.29, 1.82) is 0 Å². The molecule has 0 unspecified atom stereocenters. The minimum atomic E-state index is 1.15. The average Bonchev–Trinajstić information content (AvgIpc) is 1.75. The summed E-state index contributed by atoms with van der Waals surface area (Å²) < 4.78 is 0. The molecule has 2 heteroatoms. The molecular weight excluding hydrogens is 314 g/mol. The van der Waals surface area contributed by atoms with Crippen LogP contribution in [-0.2, 0) is 0 Å². The molecule has 0 saturated carbocycles. The summed E-state index contributed by atoms with van der Waals surface area (Å²) in [7, 11) is 0. The van der Waals surface area contributed by atoms with Gasteiger partial charge in [0, 0.05) is 37.2 Å². The van der Waals surface area contributed by atoms with Crippen molar-refractivity contribution in [3.63, 3.8) is 0 Å². The van der Waals surface area contributed by atoms with Crippen molar-refractivity contribution in [3.05, 3.63) is 12.7 Å². The van der Waals surface area contributed by atoms with Gasteiger partial charge in [-0.05, 0) is 6.42 Å². The Balaban J connectivity index is 0. The zero-order valence-corrected chi connectivity index (χ0v) is 8.77. The minimum absolute atomic E-state index is 1.15. The summed E-state index contributed by atoms with van der Waals surface area (Å²) in [4.78, 5) is 0. The molecule has 0 aromatic rings. The van der Waals surface area contributed by atoms with Gasteiger partial charge in [-0.25, -0.2) is 0 Å². The number of hydrogen-bond acceptors (Lipinski definition) is 0. The molecule has 7 heavy (non-hydrogen) atoms. The Bertz CT molecular complexity index is 27.3. The third kappa shape index (κ3) is 19.0. The quantitative estimate of drug-likeness (QED) is 0.536. The topological polar surface area (TPSA) is 0 Å². The van der Waals surface area contributed by atoms with Crippen LogP contribution in [0.4, 0.5) is 0 Å². The highest BCUT2D eigenvalue weighted by atomic mass is 128. The van der Waals surface area contributed by atoms with Gasteiger partial charge in [-0.1, -0.05) is 19.4 Å². The molecule has 0 bridgehead atoms. The van der Waals surface area contributed by atoms with Gasteiger partial charge in [-0.2, -0.15) is 0 Å². The molecule has 44 valence electrons. The predicted molar refractivity (Wildman–Crippen MR) is 53.1 cm³/mol. The minimum Gasteiger partial charge on any atom is -0.103 e. The zero-order valence-electron chi connectivity index (χ0n) is 4.45. The molecule has 0 aliphatic carbocycles. The maximum Gasteiger partial charge on any atom is 0 e. The number of unbranched alkanes of at least 4 members (excludes halogenated alkanes) is 1. The summed E-state index contributed by atoms with van der Waals surface area (Å²) in [5.41, 5.74) is 0. The normalized spacial score (nSPS) is 6.14. The van der Waals surface area contributed by atoms with Gasteiger partial charge in [-0.3, -0.25) is 0 Å². The van der Waals surface area contributed by atoms with Crippen molar-refractivity contribution in [3.8, 4) is 0 Å². The highest BCUT2D eigenvalue weighted by molar-refractivity contribution is 15.0. The van der Waals surface area contributed by atoms with Gasteiger partial charge in [0.25, 0.3) is 0 Å². The van der Waals surface area contributed by atoms with Crippen LogP contribution in [0.25, 0.3) is 0 Å². The van der Waals surface area contributed by atoms with E-state index in [0.717, 1.165) is 6.42 Å². The molecule has 0 fully saturated rings. The smallest absolute Gasteiger partial charge is 0 e. The molecule has 0 amide bonds. The lowest BCUT2D eigenvalue weighted by molar-refractivity contribution is 0.961. The van der Waals surface area contributed by atoms with E-state index in [4.69, 9.17) is 0 Å². The first kappa shape index (κ1) is 11.1. The van der Waals surface area contributed by atoms with Crippen LogP contribution >= 0.6 is 37.2 Å². The first-order valence-corrected chi connectivity index (χ1v) is 8.45. The van der Waals surface area contributed by atoms with E-state index in [2.05, 4.69) is 50.7 Å². The van der Waals surface area contributed by atoms with Crippen molar-refractivity contribution in [2.75, 3.05) is 0 Å². The highest BCUT2D eigenvalue weighted by Crippen LogP contribution is 1.89. The van der Waals surface area contributed by atoms with Gasteiger partial charge >= 0.3 is 0 Å². The first-order valence-electron chi connectivity index (χ1n) is 2.17. The molecule has 0 nitrogen and oxygen atoms in total. The van der Waals surface area contributed by atoms with Crippen LogP contribution in [-0.4, -0.2) is 0 Å². The molecule has 0 N–H and O–H groups in total. The Kier molecular flexibility index (Phi) is 24.8. The van der Waals surface area contributed by atoms with E-state index in [0.29, 0.717) is 0 Å². The zero-order chi connectivity index (χ0) is 6.12. The summed E-state index contributed by atoms with van der Waals surface area (Å²) in [6, 6.07) is 0. The third-order valence-corrected chi connectivity index (χ3v) is 0.493. The summed E-state index contributed by atoms with van der Waals surface area (Å²) in [5.74, 6) is 0.